The first-order valence-corrected chi connectivity index (χ1v) is 5.35. The standard InChI is InChI=1S/C11H11NO2S/c1-14-9-4-2-8(3-5-9)11-12-6-10(7-13)15-11/h2-6,13H,7H2,1H3. The van der Waals surface area contributed by atoms with Crippen molar-refractivity contribution in [3.63, 3.8) is 0 Å². The highest BCUT2D eigenvalue weighted by Gasteiger charge is 2.03. The van der Waals surface area contributed by atoms with Crippen molar-refractivity contribution in [2.45, 2.75) is 6.61 Å². The maximum absolute atomic E-state index is 8.93. The quantitative estimate of drug-likeness (QED) is 0.864. The fourth-order valence-electron chi connectivity index (χ4n) is 1.25. The first-order chi connectivity index (χ1) is 7.33. The molecule has 15 heavy (non-hydrogen) atoms. The molecule has 2 aromatic rings. The largest absolute Gasteiger partial charge is 0.497 e. The Morgan fingerprint density at radius 1 is 1.33 bits per heavy atom. The molecule has 0 fully saturated rings. The van der Waals surface area contributed by atoms with Gasteiger partial charge in [-0.25, -0.2) is 4.98 Å². The molecule has 78 valence electrons. The van der Waals surface area contributed by atoms with E-state index in [1.54, 1.807) is 13.3 Å². The third kappa shape index (κ3) is 2.16. The molecule has 0 spiro atoms. The molecule has 0 bridgehead atoms. The van der Waals surface area contributed by atoms with E-state index in [0.29, 0.717) is 0 Å². The van der Waals surface area contributed by atoms with E-state index < -0.39 is 0 Å². The minimum absolute atomic E-state index is 0.0494. The lowest BCUT2D eigenvalue weighted by molar-refractivity contribution is 0.285. The second-order valence-electron chi connectivity index (χ2n) is 3.02. The van der Waals surface area contributed by atoms with Crippen LogP contribution in [0.25, 0.3) is 10.6 Å². The Kier molecular flexibility index (Phi) is 2.99. The van der Waals surface area contributed by atoms with Crippen LogP contribution in [0.3, 0.4) is 0 Å². The van der Waals surface area contributed by atoms with Crippen LogP contribution < -0.4 is 4.74 Å². The molecule has 0 aliphatic heterocycles. The van der Waals surface area contributed by atoms with E-state index in [1.165, 1.54) is 11.3 Å². The third-order valence-corrected chi connectivity index (χ3v) is 3.08. The molecule has 0 saturated heterocycles. The number of ether oxygens (including phenoxy) is 1. The Labute approximate surface area is 92.0 Å². The lowest BCUT2D eigenvalue weighted by atomic mass is 10.2. The minimum atomic E-state index is 0.0494. The molecule has 0 atom stereocenters. The van der Waals surface area contributed by atoms with E-state index in [9.17, 15) is 0 Å². The number of hydrogen-bond donors (Lipinski definition) is 1. The average molecular weight is 221 g/mol. The number of hydrogen-bond acceptors (Lipinski definition) is 4. The van der Waals surface area contributed by atoms with Gasteiger partial charge in [0, 0.05) is 11.8 Å². The van der Waals surface area contributed by atoms with Crippen molar-refractivity contribution in [3.8, 4) is 16.3 Å². The van der Waals surface area contributed by atoms with E-state index in [-0.39, 0.29) is 6.61 Å². The van der Waals surface area contributed by atoms with Crippen LogP contribution in [0, 0.1) is 0 Å². The third-order valence-electron chi connectivity index (χ3n) is 2.05. The SMILES string of the molecule is COc1ccc(-c2ncc(CO)s2)cc1. The average Bonchev–Trinajstić information content (AvgIpc) is 2.78. The van der Waals surface area contributed by atoms with Crippen molar-refractivity contribution in [3.05, 3.63) is 35.3 Å². The molecule has 4 heteroatoms. The summed E-state index contributed by atoms with van der Waals surface area (Å²) in [6, 6.07) is 7.71. The van der Waals surface area contributed by atoms with E-state index in [0.717, 1.165) is 21.2 Å². The van der Waals surface area contributed by atoms with Crippen LogP contribution >= 0.6 is 11.3 Å². The molecule has 0 aliphatic rings. The Morgan fingerprint density at radius 3 is 2.60 bits per heavy atom. The van der Waals surface area contributed by atoms with Gasteiger partial charge in [-0.2, -0.15) is 0 Å². The van der Waals surface area contributed by atoms with Gasteiger partial charge in [0.2, 0.25) is 0 Å². The molecule has 1 aromatic carbocycles. The Hall–Kier alpha value is -1.39. The zero-order valence-electron chi connectivity index (χ0n) is 8.30. The van der Waals surface area contributed by atoms with Gasteiger partial charge in [0.25, 0.3) is 0 Å². The van der Waals surface area contributed by atoms with Crippen LogP contribution in [-0.2, 0) is 6.61 Å². The molecular formula is C11H11NO2S. The molecule has 0 radical (unpaired) electrons. The van der Waals surface area contributed by atoms with Crippen LogP contribution in [0.1, 0.15) is 4.88 Å². The number of aromatic nitrogens is 1. The van der Waals surface area contributed by atoms with Gasteiger partial charge in [-0.3, -0.25) is 0 Å². The molecule has 0 saturated carbocycles. The molecular weight excluding hydrogens is 210 g/mol. The summed E-state index contributed by atoms with van der Waals surface area (Å²) < 4.78 is 5.07. The predicted molar refractivity (Wildman–Crippen MR) is 60.0 cm³/mol. The number of nitrogens with zero attached hydrogens (tertiary/aromatic N) is 1. The zero-order valence-corrected chi connectivity index (χ0v) is 9.12. The van der Waals surface area contributed by atoms with Gasteiger partial charge in [-0.1, -0.05) is 0 Å². The van der Waals surface area contributed by atoms with Crippen molar-refractivity contribution in [2.24, 2.45) is 0 Å². The second-order valence-corrected chi connectivity index (χ2v) is 4.13. The maximum atomic E-state index is 8.93. The first kappa shape index (κ1) is 10.1. The molecule has 0 unspecified atom stereocenters. The van der Waals surface area contributed by atoms with E-state index in [4.69, 9.17) is 9.84 Å². The van der Waals surface area contributed by atoms with Gasteiger partial charge in [-0.05, 0) is 24.3 Å². The summed E-state index contributed by atoms with van der Waals surface area (Å²) in [5.41, 5.74) is 1.04. The Morgan fingerprint density at radius 2 is 2.07 bits per heavy atom. The maximum Gasteiger partial charge on any atom is 0.123 e. The second kappa shape index (κ2) is 4.42. The van der Waals surface area contributed by atoms with E-state index >= 15 is 0 Å². The topological polar surface area (TPSA) is 42.4 Å². The van der Waals surface area contributed by atoms with Gasteiger partial charge in [0.1, 0.15) is 10.8 Å². The molecule has 1 aromatic heterocycles. The van der Waals surface area contributed by atoms with E-state index in [2.05, 4.69) is 4.98 Å². The number of rotatable bonds is 3. The molecule has 2 rings (SSSR count). The van der Waals surface area contributed by atoms with Crippen LogP contribution in [-0.4, -0.2) is 17.2 Å². The number of thiazole rings is 1. The highest BCUT2D eigenvalue weighted by Crippen LogP contribution is 2.26. The van der Waals surface area contributed by atoms with Crippen molar-refractivity contribution < 1.29 is 9.84 Å². The van der Waals surface area contributed by atoms with Crippen LogP contribution in [0.15, 0.2) is 30.5 Å². The van der Waals surface area contributed by atoms with Gasteiger partial charge in [0.05, 0.1) is 18.6 Å². The normalized spacial score (nSPS) is 10.3. The molecule has 0 aliphatic carbocycles. The zero-order chi connectivity index (χ0) is 10.7. The summed E-state index contributed by atoms with van der Waals surface area (Å²) in [7, 11) is 1.64. The van der Waals surface area contributed by atoms with Crippen LogP contribution in [0.2, 0.25) is 0 Å². The Bertz CT molecular complexity index is 436. The molecule has 0 amide bonds. The van der Waals surface area contributed by atoms with Crippen molar-refractivity contribution in [1.29, 1.82) is 0 Å². The summed E-state index contributed by atoms with van der Waals surface area (Å²) >= 11 is 1.50. The van der Waals surface area contributed by atoms with Gasteiger partial charge >= 0.3 is 0 Å². The number of aliphatic hydroxyl groups excluding tert-OH is 1. The molecule has 1 heterocycles. The summed E-state index contributed by atoms with van der Waals surface area (Å²) in [6.45, 7) is 0.0494. The van der Waals surface area contributed by atoms with Crippen LogP contribution in [0.5, 0.6) is 5.75 Å². The lowest BCUT2D eigenvalue weighted by Gasteiger charge is -1.99. The summed E-state index contributed by atoms with van der Waals surface area (Å²) in [4.78, 5) is 5.11. The van der Waals surface area contributed by atoms with Crippen LogP contribution in [0.4, 0.5) is 0 Å². The number of methoxy groups -OCH3 is 1. The summed E-state index contributed by atoms with van der Waals surface area (Å²) in [5, 5.41) is 9.85. The monoisotopic (exact) mass is 221 g/mol. The minimum Gasteiger partial charge on any atom is -0.497 e. The smallest absolute Gasteiger partial charge is 0.123 e. The fraction of sp³-hybridized carbons (Fsp3) is 0.182. The van der Waals surface area contributed by atoms with Crippen molar-refractivity contribution in [2.75, 3.05) is 7.11 Å². The highest BCUT2D eigenvalue weighted by atomic mass is 32.1. The van der Waals surface area contributed by atoms with Gasteiger partial charge in [0.15, 0.2) is 0 Å². The predicted octanol–water partition coefficient (Wildman–Crippen LogP) is 2.31. The molecule has 3 nitrogen and oxygen atoms in total. The number of benzene rings is 1. The Balaban J connectivity index is 2.28. The van der Waals surface area contributed by atoms with Crippen molar-refractivity contribution in [1.82, 2.24) is 4.98 Å². The van der Waals surface area contributed by atoms with Gasteiger partial charge in [-0.15, -0.1) is 11.3 Å². The number of aliphatic hydroxyl groups is 1. The summed E-state index contributed by atoms with van der Waals surface area (Å²) in [6.07, 6.45) is 1.70. The highest BCUT2D eigenvalue weighted by molar-refractivity contribution is 7.15. The van der Waals surface area contributed by atoms with Crippen molar-refractivity contribution >= 4 is 11.3 Å². The van der Waals surface area contributed by atoms with Gasteiger partial charge < -0.3 is 9.84 Å². The molecule has 1 N–H and O–H groups in total. The van der Waals surface area contributed by atoms with E-state index in [1.807, 2.05) is 24.3 Å². The first-order valence-electron chi connectivity index (χ1n) is 4.53. The summed E-state index contributed by atoms with van der Waals surface area (Å²) in [5.74, 6) is 0.831. The fourth-order valence-corrected chi connectivity index (χ4v) is 2.03. The lowest BCUT2D eigenvalue weighted by Crippen LogP contribution is -1.81.